The maximum atomic E-state index is 12.5. The highest BCUT2D eigenvalue weighted by molar-refractivity contribution is 6.02. The number of nitrogens with one attached hydrogen (secondary N) is 1. The van der Waals surface area contributed by atoms with Crippen LogP contribution < -0.4 is 5.32 Å². The van der Waals surface area contributed by atoms with E-state index in [0.29, 0.717) is 12.2 Å². The van der Waals surface area contributed by atoms with Gasteiger partial charge in [-0.05, 0) is 18.6 Å². The van der Waals surface area contributed by atoms with E-state index in [2.05, 4.69) is 10.3 Å². The van der Waals surface area contributed by atoms with Gasteiger partial charge >= 0.3 is 6.03 Å². The van der Waals surface area contributed by atoms with Crippen LogP contribution in [0.1, 0.15) is 24.6 Å². The number of imidazole rings is 1. The lowest BCUT2D eigenvalue weighted by Gasteiger charge is -2.12. The number of fused-ring (bicyclic) bond motifs is 1. The predicted molar refractivity (Wildman–Crippen MR) is 88.4 cm³/mol. The van der Waals surface area contributed by atoms with Crippen LogP contribution in [-0.2, 0) is 16.6 Å². The van der Waals surface area contributed by atoms with Gasteiger partial charge in [0, 0.05) is 20.0 Å². The Hall–Kier alpha value is -3.21. The number of benzene rings is 1. The summed E-state index contributed by atoms with van der Waals surface area (Å²) in [5.41, 5.74) is 1.58. The molecular formula is C17H17N5O3. The van der Waals surface area contributed by atoms with Crippen molar-refractivity contribution in [2.75, 3.05) is 13.1 Å². The first-order chi connectivity index (χ1) is 12.0. The summed E-state index contributed by atoms with van der Waals surface area (Å²) in [4.78, 5) is 40.9. The molecule has 1 atom stereocenters. The van der Waals surface area contributed by atoms with Crippen molar-refractivity contribution in [2.24, 2.45) is 7.05 Å². The van der Waals surface area contributed by atoms with Crippen molar-refractivity contribution in [3.63, 3.8) is 0 Å². The van der Waals surface area contributed by atoms with E-state index in [1.165, 1.54) is 0 Å². The maximum absolute atomic E-state index is 12.5. The number of nitriles is 1. The highest BCUT2D eigenvalue weighted by Crippen LogP contribution is 2.22. The first kappa shape index (κ1) is 16.6. The summed E-state index contributed by atoms with van der Waals surface area (Å²) in [6.07, 6.45) is 0.415. The number of Topliss-reactive ketones (excluding diaryl/α,β-unsaturated/α-hetero) is 1. The average Bonchev–Trinajstić information content (AvgIpc) is 3.10. The van der Waals surface area contributed by atoms with Gasteiger partial charge in [-0.25, -0.2) is 9.78 Å². The number of nitrogens with zero attached hydrogens (tertiary/aromatic N) is 4. The van der Waals surface area contributed by atoms with Gasteiger partial charge in [0.05, 0.1) is 23.6 Å². The van der Waals surface area contributed by atoms with Crippen LogP contribution in [0.2, 0.25) is 0 Å². The molecule has 1 aliphatic heterocycles. The van der Waals surface area contributed by atoms with E-state index < -0.39 is 11.9 Å². The molecule has 0 aliphatic carbocycles. The molecule has 3 amide bonds. The van der Waals surface area contributed by atoms with Crippen LogP contribution >= 0.6 is 0 Å². The Morgan fingerprint density at radius 2 is 2.16 bits per heavy atom. The van der Waals surface area contributed by atoms with Gasteiger partial charge in [0.25, 0.3) is 0 Å². The van der Waals surface area contributed by atoms with Gasteiger partial charge in [-0.1, -0.05) is 12.1 Å². The second-order valence-corrected chi connectivity index (χ2v) is 5.85. The summed E-state index contributed by atoms with van der Waals surface area (Å²) < 4.78 is 1.75. The van der Waals surface area contributed by atoms with E-state index in [9.17, 15) is 19.6 Å². The third-order valence-corrected chi connectivity index (χ3v) is 4.27. The van der Waals surface area contributed by atoms with Crippen LogP contribution in [0.25, 0.3) is 11.0 Å². The van der Waals surface area contributed by atoms with Gasteiger partial charge < -0.3 is 9.88 Å². The van der Waals surface area contributed by atoms with Crippen LogP contribution in [0.5, 0.6) is 0 Å². The van der Waals surface area contributed by atoms with Crippen LogP contribution in [0.15, 0.2) is 24.3 Å². The monoisotopic (exact) mass is 339 g/mol. The number of rotatable bonds is 6. The second kappa shape index (κ2) is 6.73. The molecule has 2 aromatic rings. The van der Waals surface area contributed by atoms with Crippen molar-refractivity contribution >= 4 is 28.8 Å². The van der Waals surface area contributed by atoms with E-state index in [0.717, 1.165) is 15.9 Å². The Morgan fingerprint density at radius 1 is 1.40 bits per heavy atom. The Labute approximate surface area is 144 Å². The normalized spacial score (nSPS) is 15.3. The fraction of sp³-hybridized carbons (Fsp3) is 0.353. The van der Waals surface area contributed by atoms with Crippen molar-refractivity contribution in [1.29, 1.82) is 5.26 Å². The number of hydrogen-bond donors (Lipinski definition) is 1. The number of carbonyl (C=O) groups excluding carboxylic acids is 3. The number of ketones is 1. The molecule has 1 aliphatic rings. The highest BCUT2D eigenvalue weighted by Gasteiger charge is 2.29. The lowest BCUT2D eigenvalue weighted by atomic mass is 10.0. The zero-order chi connectivity index (χ0) is 18.0. The number of carbonyl (C=O) groups is 3. The van der Waals surface area contributed by atoms with Gasteiger partial charge in [0.1, 0.15) is 5.82 Å². The number of para-hydroxylation sites is 2. The summed E-state index contributed by atoms with van der Waals surface area (Å²) in [5.74, 6) is -1.14. The summed E-state index contributed by atoms with van der Waals surface area (Å²) in [6, 6.07) is 9.01. The van der Waals surface area contributed by atoms with E-state index in [4.69, 9.17) is 0 Å². The minimum Gasteiger partial charge on any atom is -0.330 e. The smallest absolute Gasteiger partial charge is 0.324 e. The molecule has 1 fully saturated rings. The molecule has 25 heavy (non-hydrogen) atoms. The van der Waals surface area contributed by atoms with E-state index in [-0.39, 0.29) is 31.2 Å². The second-order valence-electron chi connectivity index (χ2n) is 5.85. The third-order valence-electron chi connectivity index (χ3n) is 4.27. The van der Waals surface area contributed by atoms with E-state index in [1.54, 1.807) is 11.6 Å². The molecule has 1 aromatic carbocycles. The standard InChI is InChI=1S/C17H17N5O3/c1-21-13-6-3-2-5-12(13)20-16(21)11(9-18)14(23)7-4-8-22-15(24)10-19-17(22)25/h2-3,5-6,11H,4,7-8,10H2,1H3,(H,19,25). The minimum atomic E-state index is -0.972. The molecule has 0 saturated carbocycles. The molecule has 0 bridgehead atoms. The topological polar surface area (TPSA) is 108 Å². The van der Waals surface area contributed by atoms with Crippen LogP contribution in [-0.4, -0.2) is 45.3 Å². The lowest BCUT2D eigenvalue weighted by Crippen LogP contribution is -2.32. The van der Waals surface area contributed by atoms with Gasteiger partial charge in [-0.3, -0.25) is 14.5 Å². The molecule has 2 heterocycles. The summed E-state index contributed by atoms with van der Waals surface area (Å²) in [5, 5.41) is 11.9. The number of aryl methyl sites for hydroxylation is 1. The van der Waals surface area contributed by atoms with Crippen molar-refractivity contribution in [3.8, 4) is 6.07 Å². The Bertz CT molecular complexity index is 879. The van der Waals surface area contributed by atoms with Gasteiger partial charge in [0.2, 0.25) is 5.91 Å². The minimum absolute atomic E-state index is 0.00649. The molecule has 0 spiro atoms. The SMILES string of the molecule is Cn1c(C(C#N)C(=O)CCCN2C(=O)CNC2=O)nc2ccccc21. The fourth-order valence-corrected chi connectivity index (χ4v) is 2.93. The molecular weight excluding hydrogens is 322 g/mol. The van der Waals surface area contributed by atoms with Crippen LogP contribution in [0.3, 0.4) is 0 Å². The van der Waals surface area contributed by atoms with Gasteiger partial charge in [-0.2, -0.15) is 5.26 Å². The summed E-state index contributed by atoms with van der Waals surface area (Å²) in [6.45, 7) is 0.157. The zero-order valence-electron chi connectivity index (χ0n) is 13.7. The molecule has 1 N–H and O–H groups in total. The van der Waals surface area contributed by atoms with Crippen LogP contribution in [0.4, 0.5) is 4.79 Å². The first-order valence-corrected chi connectivity index (χ1v) is 7.95. The summed E-state index contributed by atoms with van der Waals surface area (Å²) >= 11 is 0. The quantitative estimate of drug-likeness (QED) is 0.792. The zero-order valence-corrected chi connectivity index (χ0v) is 13.7. The predicted octanol–water partition coefficient (Wildman–Crippen LogP) is 1.08. The molecule has 1 saturated heterocycles. The molecule has 8 heteroatoms. The Balaban J connectivity index is 1.69. The largest absolute Gasteiger partial charge is 0.330 e. The lowest BCUT2D eigenvalue weighted by molar-refractivity contribution is -0.125. The Kier molecular flexibility index (Phi) is 4.48. The van der Waals surface area contributed by atoms with E-state index >= 15 is 0 Å². The number of urea groups is 1. The Morgan fingerprint density at radius 3 is 2.80 bits per heavy atom. The van der Waals surface area contributed by atoms with E-state index in [1.807, 2.05) is 30.3 Å². The maximum Gasteiger partial charge on any atom is 0.324 e. The molecule has 1 aromatic heterocycles. The number of hydrogen-bond acceptors (Lipinski definition) is 5. The average molecular weight is 339 g/mol. The number of amides is 3. The van der Waals surface area contributed by atoms with Crippen LogP contribution in [0, 0.1) is 11.3 Å². The molecule has 128 valence electrons. The third kappa shape index (κ3) is 3.08. The number of imide groups is 1. The van der Waals surface area contributed by atoms with Gasteiger partial charge in [-0.15, -0.1) is 0 Å². The van der Waals surface area contributed by atoms with Crippen molar-refractivity contribution < 1.29 is 14.4 Å². The fourth-order valence-electron chi connectivity index (χ4n) is 2.93. The van der Waals surface area contributed by atoms with Crippen molar-refractivity contribution in [3.05, 3.63) is 30.1 Å². The molecule has 3 rings (SSSR count). The molecule has 8 nitrogen and oxygen atoms in total. The molecule has 0 radical (unpaired) electrons. The number of aromatic nitrogens is 2. The van der Waals surface area contributed by atoms with Gasteiger partial charge in [0.15, 0.2) is 11.7 Å². The summed E-state index contributed by atoms with van der Waals surface area (Å²) in [7, 11) is 1.77. The molecule has 1 unspecified atom stereocenters. The van der Waals surface area contributed by atoms with Crippen molar-refractivity contribution in [1.82, 2.24) is 19.8 Å². The first-order valence-electron chi connectivity index (χ1n) is 7.95. The van der Waals surface area contributed by atoms with Crippen molar-refractivity contribution in [2.45, 2.75) is 18.8 Å². The highest BCUT2D eigenvalue weighted by atomic mass is 16.2.